The van der Waals surface area contributed by atoms with Crippen LogP contribution in [0, 0.1) is 0 Å². The van der Waals surface area contributed by atoms with E-state index in [0.717, 1.165) is 17.1 Å². The Morgan fingerprint density at radius 1 is 1.37 bits per heavy atom. The Kier molecular flexibility index (Phi) is 4.27. The van der Waals surface area contributed by atoms with Crippen LogP contribution in [0.25, 0.3) is 0 Å². The lowest BCUT2D eigenvalue weighted by molar-refractivity contribution is -0.145. The van der Waals surface area contributed by atoms with Crippen LogP contribution in [0.2, 0.25) is 0 Å². The molecule has 2 atom stereocenters. The Labute approximate surface area is 112 Å². The van der Waals surface area contributed by atoms with E-state index in [4.69, 9.17) is 14.2 Å². The van der Waals surface area contributed by atoms with Gasteiger partial charge in [-0.25, -0.2) is 0 Å². The maximum Gasteiger partial charge on any atom is 0.322 e. The van der Waals surface area contributed by atoms with Crippen LogP contribution in [0.5, 0.6) is 11.5 Å². The van der Waals surface area contributed by atoms with E-state index in [-0.39, 0.29) is 24.8 Å². The van der Waals surface area contributed by atoms with Gasteiger partial charge in [-0.1, -0.05) is 6.07 Å². The van der Waals surface area contributed by atoms with Crippen molar-refractivity contribution in [1.29, 1.82) is 0 Å². The quantitative estimate of drug-likeness (QED) is 0.825. The van der Waals surface area contributed by atoms with Crippen LogP contribution in [0.1, 0.15) is 32.4 Å². The zero-order chi connectivity index (χ0) is 13.8. The molecule has 5 heteroatoms. The number of rotatable bonds is 5. The van der Waals surface area contributed by atoms with E-state index in [1.54, 1.807) is 13.8 Å². The molecule has 0 saturated heterocycles. The van der Waals surface area contributed by atoms with Crippen LogP contribution < -0.4 is 14.8 Å². The molecule has 2 unspecified atom stereocenters. The number of esters is 1. The topological polar surface area (TPSA) is 56.8 Å². The van der Waals surface area contributed by atoms with Crippen LogP contribution in [0.15, 0.2) is 18.2 Å². The van der Waals surface area contributed by atoms with Crippen molar-refractivity contribution in [2.75, 3.05) is 13.4 Å². The smallest absolute Gasteiger partial charge is 0.322 e. The predicted molar refractivity (Wildman–Crippen MR) is 70.2 cm³/mol. The first-order valence-electron chi connectivity index (χ1n) is 6.44. The molecule has 19 heavy (non-hydrogen) atoms. The third-order valence-corrected chi connectivity index (χ3v) is 3.04. The Morgan fingerprint density at radius 2 is 2.11 bits per heavy atom. The molecule has 0 amide bonds. The van der Waals surface area contributed by atoms with Crippen LogP contribution in [-0.2, 0) is 9.53 Å². The standard InChI is InChI=1S/C14H19NO4/c1-4-17-14(16)10(3)15-9(2)11-5-6-12-13(7-11)19-8-18-12/h5-7,9-10,15H,4,8H2,1-3H3. The van der Waals surface area contributed by atoms with Crippen molar-refractivity contribution in [2.24, 2.45) is 0 Å². The zero-order valence-electron chi connectivity index (χ0n) is 11.4. The number of hydrogen-bond donors (Lipinski definition) is 1. The van der Waals surface area contributed by atoms with Crippen molar-refractivity contribution in [3.8, 4) is 11.5 Å². The molecule has 104 valence electrons. The van der Waals surface area contributed by atoms with Crippen LogP contribution >= 0.6 is 0 Å². The van der Waals surface area contributed by atoms with Crippen molar-refractivity contribution in [2.45, 2.75) is 32.9 Å². The summed E-state index contributed by atoms with van der Waals surface area (Å²) in [5.41, 5.74) is 1.04. The lowest BCUT2D eigenvalue weighted by atomic mass is 10.1. The first-order valence-corrected chi connectivity index (χ1v) is 6.44. The van der Waals surface area contributed by atoms with E-state index >= 15 is 0 Å². The summed E-state index contributed by atoms with van der Waals surface area (Å²) in [6.45, 7) is 6.24. The molecule has 0 aliphatic carbocycles. The first kappa shape index (κ1) is 13.7. The van der Waals surface area contributed by atoms with Crippen molar-refractivity contribution in [1.82, 2.24) is 5.32 Å². The summed E-state index contributed by atoms with van der Waals surface area (Å²) in [4.78, 5) is 11.6. The summed E-state index contributed by atoms with van der Waals surface area (Å²) < 4.78 is 15.6. The van der Waals surface area contributed by atoms with Gasteiger partial charge in [0, 0.05) is 6.04 Å². The van der Waals surface area contributed by atoms with Gasteiger partial charge >= 0.3 is 5.97 Å². The third-order valence-electron chi connectivity index (χ3n) is 3.04. The molecular weight excluding hydrogens is 246 g/mol. The number of hydrogen-bond acceptors (Lipinski definition) is 5. The molecule has 1 aromatic carbocycles. The van der Waals surface area contributed by atoms with Crippen molar-refractivity contribution >= 4 is 5.97 Å². The van der Waals surface area contributed by atoms with Gasteiger partial charge in [-0.3, -0.25) is 10.1 Å². The number of ether oxygens (including phenoxy) is 3. The van der Waals surface area contributed by atoms with E-state index in [1.807, 2.05) is 25.1 Å². The van der Waals surface area contributed by atoms with E-state index in [9.17, 15) is 4.79 Å². The second-order valence-corrected chi connectivity index (χ2v) is 4.47. The van der Waals surface area contributed by atoms with Gasteiger partial charge in [-0.2, -0.15) is 0 Å². The molecule has 0 fully saturated rings. The van der Waals surface area contributed by atoms with Crippen LogP contribution in [0.3, 0.4) is 0 Å². The molecule has 5 nitrogen and oxygen atoms in total. The Morgan fingerprint density at radius 3 is 2.84 bits per heavy atom. The summed E-state index contributed by atoms with van der Waals surface area (Å²) in [6.07, 6.45) is 0. The molecule has 2 rings (SSSR count). The SMILES string of the molecule is CCOC(=O)C(C)NC(C)c1ccc2c(c1)OCO2. The Hall–Kier alpha value is -1.75. The van der Waals surface area contributed by atoms with Gasteiger partial charge in [0.05, 0.1) is 6.61 Å². The predicted octanol–water partition coefficient (Wildman–Crippen LogP) is 2.02. The average Bonchev–Trinajstić information content (AvgIpc) is 2.85. The number of carbonyl (C=O) groups is 1. The maximum atomic E-state index is 11.6. The summed E-state index contributed by atoms with van der Waals surface area (Å²) in [7, 11) is 0. The normalized spacial score (nSPS) is 15.9. The molecule has 1 aliphatic rings. The van der Waals surface area contributed by atoms with Gasteiger partial charge in [0.1, 0.15) is 6.04 Å². The highest BCUT2D eigenvalue weighted by Crippen LogP contribution is 2.34. The minimum atomic E-state index is -0.347. The van der Waals surface area contributed by atoms with Crippen molar-refractivity contribution in [3.05, 3.63) is 23.8 Å². The molecule has 1 aromatic rings. The zero-order valence-corrected chi connectivity index (χ0v) is 11.4. The second-order valence-electron chi connectivity index (χ2n) is 4.47. The molecule has 0 bridgehead atoms. The number of benzene rings is 1. The highest BCUT2D eigenvalue weighted by atomic mass is 16.7. The molecule has 1 heterocycles. The van der Waals surface area contributed by atoms with E-state index in [1.165, 1.54) is 0 Å². The molecule has 0 radical (unpaired) electrons. The minimum absolute atomic E-state index is 0.0221. The van der Waals surface area contributed by atoms with Crippen LogP contribution in [0.4, 0.5) is 0 Å². The van der Waals surface area contributed by atoms with Gasteiger partial charge in [-0.15, -0.1) is 0 Å². The molecular formula is C14H19NO4. The number of nitrogens with one attached hydrogen (secondary N) is 1. The fourth-order valence-electron chi connectivity index (χ4n) is 1.99. The molecule has 0 spiro atoms. The number of carbonyl (C=O) groups excluding carboxylic acids is 1. The van der Waals surface area contributed by atoms with E-state index in [2.05, 4.69) is 5.32 Å². The van der Waals surface area contributed by atoms with Crippen molar-refractivity contribution < 1.29 is 19.0 Å². The number of fused-ring (bicyclic) bond motifs is 1. The van der Waals surface area contributed by atoms with E-state index < -0.39 is 0 Å². The van der Waals surface area contributed by atoms with E-state index in [0.29, 0.717) is 6.61 Å². The molecule has 0 saturated carbocycles. The highest BCUT2D eigenvalue weighted by molar-refractivity contribution is 5.75. The summed E-state index contributed by atoms with van der Waals surface area (Å²) in [5.74, 6) is 1.26. The molecule has 1 aliphatic heterocycles. The van der Waals surface area contributed by atoms with Crippen molar-refractivity contribution in [3.63, 3.8) is 0 Å². The lowest BCUT2D eigenvalue weighted by Gasteiger charge is -2.19. The minimum Gasteiger partial charge on any atom is -0.465 e. The second kappa shape index (κ2) is 5.93. The van der Waals surface area contributed by atoms with Gasteiger partial charge in [0.25, 0.3) is 0 Å². The van der Waals surface area contributed by atoms with Gasteiger partial charge in [-0.05, 0) is 38.5 Å². The Bertz CT molecular complexity index is 461. The summed E-state index contributed by atoms with van der Waals surface area (Å²) >= 11 is 0. The van der Waals surface area contributed by atoms with Gasteiger partial charge in [0.2, 0.25) is 6.79 Å². The summed E-state index contributed by atoms with van der Waals surface area (Å²) in [5, 5.41) is 3.20. The molecule has 1 N–H and O–H groups in total. The van der Waals surface area contributed by atoms with Gasteiger partial charge < -0.3 is 14.2 Å². The van der Waals surface area contributed by atoms with Gasteiger partial charge in [0.15, 0.2) is 11.5 Å². The lowest BCUT2D eigenvalue weighted by Crippen LogP contribution is -2.37. The highest BCUT2D eigenvalue weighted by Gasteiger charge is 2.19. The average molecular weight is 265 g/mol. The summed E-state index contributed by atoms with van der Waals surface area (Å²) in [6, 6.07) is 5.44. The fourth-order valence-corrected chi connectivity index (χ4v) is 1.99. The largest absolute Gasteiger partial charge is 0.465 e. The first-order chi connectivity index (χ1) is 9.11. The monoisotopic (exact) mass is 265 g/mol. The molecule has 0 aromatic heterocycles. The van der Waals surface area contributed by atoms with Crippen LogP contribution in [-0.4, -0.2) is 25.4 Å². The fraction of sp³-hybridized carbons (Fsp3) is 0.500. The third kappa shape index (κ3) is 3.17. The Balaban J connectivity index is 2.00. The maximum absolute atomic E-state index is 11.6.